The van der Waals surface area contributed by atoms with Gasteiger partial charge < -0.3 is 62.5 Å². The van der Waals surface area contributed by atoms with Gasteiger partial charge in [0.25, 0.3) is 0 Å². The summed E-state index contributed by atoms with van der Waals surface area (Å²) in [6.45, 7) is 0. The molecule has 0 heterocycles. The molecule has 0 rings (SSSR count). The van der Waals surface area contributed by atoms with Crippen molar-refractivity contribution in [2.45, 2.75) is 0 Å². The molecule has 0 aromatic rings. The molecule has 0 unspecified atom stereocenters. The van der Waals surface area contributed by atoms with Gasteiger partial charge in [0.1, 0.15) is 0 Å². The zero-order chi connectivity index (χ0) is 8.08. The summed E-state index contributed by atoms with van der Waals surface area (Å²) in [7, 11) is -7.33. The third-order valence-electron chi connectivity index (χ3n) is 0. The van der Waals surface area contributed by atoms with Crippen LogP contribution in [0.4, 0.5) is 0 Å². The van der Waals surface area contributed by atoms with Gasteiger partial charge in [-0.15, -0.1) is 0 Å². The van der Waals surface area contributed by atoms with Crippen LogP contribution < -0.4 is 0 Å². The van der Waals surface area contributed by atoms with E-state index in [2.05, 4.69) is 0 Å². The van der Waals surface area contributed by atoms with E-state index in [1.807, 2.05) is 0 Å². The molecule has 0 aromatic carbocycles. The topological polar surface area (TPSA) is 361 Å². The molecule has 0 radical (unpaired) electrons. The number of rotatable bonds is 0. The maximum absolute atomic E-state index is 8.52. The molecule has 0 aliphatic rings. The van der Waals surface area contributed by atoms with Gasteiger partial charge in [0.15, 0.2) is 0 Å². The molecule has 0 saturated heterocycles. The molecule has 112 valence electrons. The van der Waals surface area contributed by atoms with Gasteiger partial charge in [0.05, 0.1) is 0 Å². The summed E-state index contributed by atoms with van der Waals surface area (Å²) < 4.78 is 34.1. The first-order valence-electron chi connectivity index (χ1n) is 1.44. The fraction of sp³-hybridized carbons (Fsp3) is 0. The monoisotopic (exact) mass is 308 g/mol. The summed E-state index contributed by atoms with van der Waals surface area (Å²) in [6, 6.07) is 0. The second-order valence-electron chi connectivity index (χ2n) is 0.755. The van der Waals surface area contributed by atoms with Crippen LogP contribution in [0.1, 0.15) is 0 Å². The summed E-state index contributed by atoms with van der Waals surface area (Å²) >= 11 is 0. The Morgan fingerprint density at radius 1 is 0.706 bits per heavy atom. The van der Waals surface area contributed by atoms with Gasteiger partial charge in [-0.05, 0) is 0 Å². The molecular weight excluding hydrogens is 291 g/mol. The molecular formula is H17BMgO14S. The maximum Gasteiger partial charge on any atom is 2.00 e. The van der Waals surface area contributed by atoms with Crippen molar-refractivity contribution < 1.29 is 70.9 Å². The SMILES string of the molecule is O.O.O.O.O.O.O.O=S(=O)([O-])[O-].OB(O)O.[Mg+2]. The van der Waals surface area contributed by atoms with Gasteiger partial charge in [-0.25, -0.2) is 0 Å². The van der Waals surface area contributed by atoms with E-state index in [1.165, 1.54) is 0 Å². The van der Waals surface area contributed by atoms with E-state index < -0.39 is 17.7 Å². The zero-order valence-electron chi connectivity index (χ0n) is 8.17. The van der Waals surface area contributed by atoms with E-state index in [1.54, 1.807) is 0 Å². The van der Waals surface area contributed by atoms with E-state index in [0.29, 0.717) is 0 Å². The standard InChI is InChI=1S/BH3O3.Mg.H2O4S.7H2O/c2-1(3)4;;1-5(2,3)4;;;;;;;/h2-4H;;(H2,1,2,3,4);7*1H2/q;+2;;;;;;;;/p-2. The summed E-state index contributed by atoms with van der Waals surface area (Å²) in [6.07, 6.45) is 0. The molecule has 0 aliphatic carbocycles. The van der Waals surface area contributed by atoms with Crippen molar-refractivity contribution in [3.8, 4) is 0 Å². The predicted molar refractivity (Wildman–Crippen MR) is 53.9 cm³/mol. The normalized spacial score (nSPS) is 5.00. The molecule has 17 N–H and O–H groups in total. The van der Waals surface area contributed by atoms with E-state index >= 15 is 0 Å². The molecule has 0 amide bonds. The smallest absolute Gasteiger partial charge is 0.759 e. The van der Waals surface area contributed by atoms with Crippen LogP contribution in [0.5, 0.6) is 0 Å². The molecule has 17 heavy (non-hydrogen) atoms. The maximum atomic E-state index is 8.52. The summed E-state index contributed by atoms with van der Waals surface area (Å²) in [4.78, 5) is 0. The van der Waals surface area contributed by atoms with Crippen molar-refractivity contribution in [2.24, 2.45) is 0 Å². The fourth-order valence-corrected chi connectivity index (χ4v) is 0. The Kier molecular flexibility index (Phi) is 224. The van der Waals surface area contributed by atoms with E-state index in [0.717, 1.165) is 0 Å². The molecule has 14 nitrogen and oxygen atoms in total. The Morgan fingerprint density at radius 2 is 0.706 bits per heavy atom. The number of hydrogen-bond acceptors (Lipinski definition) is 7. The average molecular weight is 308 g/mol. The van der Waals surface area contributed by atoms with Crippen molar-refractivity contribution in [3.63, 3.8) is 0 Å². The zero-order valence-corrected chi connectivity index (χ0v) is 10.4. The molecule has 0 fully saturated rings. The summed E-state index contributed by atoms with van der Waals surface area (Å²) in [5, 5.41) is 21.5. The third-order valence-corrected chi connectivity index (χ3v) is 0. The first-order chi connectivity index (χ1) is 3.73. The molecule has 0 saturated carbocycles. The first-order valence-corrected chi connectivity index (χ1v) is 2.77. The molecule has 0 atom stereocenters. The molecule has 0 aromatic heterocycles. The largest absolute Gasteiger partial charge is 2.00 e. The third kappa shape index (κ3) is 36800. The Morgan fingerprint density at radius 3 is 0.706 bits per heavy atom. The Labute approximate surface area is 112 Å². The quantitative estimate of drug-likeness (QED) is 0.220. The minimum atomic E-state index is -5.17. The summed E-state index contributed by atoms with van der Waals surface area (Å²) in [5.41, 5.74) is 0. The van der Waals surface area contributed by atoms with E-state index in [4.69, 9.17) is 32.6 Å². The summed E-state index contributed by atoms with van der Waals surface area (Å²) in [5.74, 6) is 0. The van der Waals surface area contributed by atoms with Crippen LogP contribution in [-0.4, -0.2) is 101 Å². The van der Waals surface area contributed by atoms with Crippen LogP contribution >= 0.6 is 0 Å². The Bertz CT molecular complexity index is 128. The van der Waals surface area contributed by atoms with Crippen LogP contribution in [0.3, 0.4) is 0 Å². The van der Waals surface area contributed by atoms with Gasteiger partial charge in [0, 0.05) is 10.4 Å². The van der Waals surface area contributed by atoms with Gasteiger partial charge >= 0.3 is 30.4 Å². The molecule has 17 heteroatoms. The van der Waals surface area contributed by atoms with Crippen LogP contribution in [-0.2, 0) is 10.4 Å². The van der Waals surface area contributed by atoms with Crippen LogP contribution in [0.25, 0.3) is 0 Å². The number of hydrogen-bond donors (Lipinski definition) is 3. The second-order valence-corrected chi connectivity index (χ2v) is 1.57. The predicted octanol–water partition coefficient (Wildman–Crippen LogP) is -9.54. The van der Waals surface area contributed by atoms with Crippen molar-refractivity contribution in [1.29, 1.82) is 0 Å². The second kappa shape index (κ2) is 44.1. The van der Waals surface area contributed by atoms with Crippen LogP contribution in [0.2, 0.25) is 0 Å². The fourth-order valence-electron chi connectivity index (χ4n) is 0. The first kappa shape index (κ1) is 86.2. The minimum absolute atomic E-state index is 0. The van der Waals surface area contributed by atoms with Gasteiger partial charge in [0.2, 0.25) is 0 Å². The van der Waals surface area contributed by atoms with Crippen LogP contribution in [0.15, 0.2) is 0 Å². The minimum Gasteiger partial charge on any atom is -0.759 e. The van der Waals surface area contributed by atoms with Crippen molar-refractivity contribution in [3.05, 3.63) is 0 Å². The average Bonchev–Trinajstić information content (AvgIpc) is 1.19. The van der Waals surface area contributed by atoms with Crippen molar-refractivity contribution in [1.82, 2.24) is 0 Å². The molecule has 0 bridgehead atoms. The van der Waals surface area contributed by atoms with Gasteiger partial charge in [-0.2, -0.15) is 0 Å². The van der Waals surface area contributed by atoms with E-state index in [-0.39, 0.29) is 61.4 Å². The molecule has 0 aliphatic heterocycles. The Hall–Kier alpha value is 0.301. The Balaban J connectivity index is -0.00000000494. The van der Waals surface area contributed by atoms with Crippen molar-refractivity contribution in [2.75, 3.05) is 0 Å². The van der Waals surface area contributed by atoms with Gasteiger partial charge in [-0.1, -0.05) is 0 Å². The van der Waals surface area contributed by atoms with Crippen LogP contribution in [0, 0.1) is 0 Å². The van der Waals surface area contributed by atoms with Gasteiger partial charge in [-0.3, -0.25) is 8.42 Å². The van der Waals surface area contributed by atoms with E-state index in [9.17, 15) is 0 Å². The molecule has 0 spiro atoms. The van der Waals surface area contributed by atoms with Crippen molar-refractivity contribution >= 4 is 40.8 Å².